The summed E-state index contributed by atoms with van der Waals surface area (Å²) < 4.78 is 26.5. The van der Waals surface area contributed by atoms with Gasteiger partial charge in [-0.15, -0.1) is 0 Å². The topological polar surface area (TPSA) is 86.8 Å². The minimum atomic E-state index is -3.58. The fourth-order valence-electron chi connectivity index (χ4n) is 4.54. The lowest BCUT2D eigenvalue weighted by atomic mass is 10.0. The van der Waals surface area contributed by atoms with E-state index in [-0.39, 0.29) is 43.8 Å². The molecule has 2 atom stereocenters. The summed E-state index contributed by atoms with van der Waals surface area (Å²) in [5, 5.41) is 3.90. The second-order valence-electron chi connectivity index (χ2n) is 10.6. The van der Waals surface area contributed by atoms with E-state index in [0.717, 1.165) is 23.8 Å². The Labute approximate surface area is 259 Å². The van der Waals surface area contributed by atoms with E-state index in [2.05, 4.69) is 5.32 Å². The van der Waals surface area contributed by atoms with Crippen molar-refractivity contribution < 1.29 is 18.0 Å². The predicted molar refractivity (Wildman–Crippen MR) is 171 cm³/mol. The van der Waals surface area contributed by atoms with Crippen LogP contribution >= 0.6 is 23.2 Å². The average molecular weight is 633 g/mol. The van der Waals surface area contributed by atoms with Crippen molar-refractivity contribution in [2.75, 3.05) is 17.1 Å². The molecule has 226 valence electrons. The van der Waals surface area contributed by atoms with Crippen LogP contribution in [0.2, 0.25) is 10.0 Å². The number of hydrogen-bond donors (Lipinski definition) is 1. The van der Waals surface area contributed by atoms with Gasteiger partial charge in [-0.05, 0) is 62.1 Å². The molecular weight excluding hydrogens is 593 g/mol. The highest BCUT2D eigenvalue weighted by molar-refractivity contribution is 7.92. The van der Waals surface area contributed by atoms with Crippen molar-refractivity contribution in [1.82, 2.24) is 10.2 Å². The molecule has 0 radical (unpaired) electrons. The van der Waals surface area contributed by atoms with Gasteiger partial charge >= 0.3 is 0 Å². The van der Waals surface area contributed by atoms with Crippen LogP contribution in [0.4, 0.5) is 5.69 Å². The van der Waals surface area contributed by atoms with Gasteiger partial charge in [0.15, 0.2) is 0 Å². The summed E-state index contributed by atoms with van der Waals surface area (Å²) in [5.41, 5.74) is 3.11. The van der Waals surface area contributed by atoms with Gasteiger partial charge in [-0.2, -0.15) is 0 Å². The molecule has 3 aromatic rings. The summed E-state index contributed by atoms with van der Waals surface area (Å²) in [6.45, 7) is 6.04. The van der Waals surface area contributed by atoms with Crippen molar-refractivity contribution in [3.63, 3.8) is 0 Å². The number of benzene rings is 3. The van der Waals surface area contributed by atoms with Crippen molar-refractivity contribution in [1.29, 1.82) is 0 Å². The first kappa shape index (κ1) is 33.4. The number of hydrogen-bond acceptors (Lipinski definition) is 4. The molecule has 3 aromatic carbocycles. The van der Waals surface area contributed by atoms with Crippen LogP contribution in [0, 0.1) is 6.92 Å². The summed E-state index contributed by atoms with van der Waals surface area (Å²) in [6.07, 6.45) is 2.49. The first-order valence-corrected chi connectivity index (χ1v) is 16.6. The van der Waals surface area contributed by atoms with Gasteiger partial charge in [-0.25, -0.2) is 8.42 Å². The molecule has 0 aliphatic rings. The molecule has 3 rings (SSSR count). The SMILES string of the molecule is CC[C@@H](C)NC(=O)[C@@H](Cc1ccccc1)N(Cc1ccc(Cl)cc1Cl)C(=O)CCCN(c1ccc(C)cc1)S(C)(=O)=O. The van der Waals surface area contributed by atoms with E-state index in [4.69, 9.17) is 23.2 Å². The van der Waals surface area contributed by atoms with Crippen molar-refractivity contribution in [2.45, 2.75) is 65.1 Å². The molecule has 0 spiro atoms. The third-order valence-corrected chi connectivity index (χ3v) is 8.88. The molecule has 0 aliphatic heterocycles. The van der Waals surface area contributed by atoms with Crippen LogP contribution in [-0.4, -0.2) is 50.0 Å². The molecule has 0 heterocycles. The summed E-state index contributed by atoms with van der Waals surface area (Å²) in [4.78, 5) is 29.2. The summed E-state index contributed by atoms with van der Waals surface area (Å²) in [6, 6.07) is 20.9. The van der Waals surface area contributed by atoms with Crippen LogP contribution in [0.5, 0.6) is 0 Å². The van der Waals surface area contributed by atoms with E-state index < -0.39 is 16.1 Å². The Morgan fingerprint density at radius 2 is 1.64 bits per heavy atom. The standard InChI is InChI=1S/C32H39Cl2N3O4S/c1-5-24(3)35-32(39)30(20-25-10-7-6-8-11-25)36(22-26-15-16-27(33)21-29(26)34)31(38)12-9-19-37(42(4,40)41)28-17-13-23(2)14-18-28/h6-8,10-11,13-18,21,24,30H,5,9,12,19-20,22H2,1-4H3,(H,35,39)/t24-,30-/m1/s1. The Balaban J connectivity index is 1.91. The molecule has 10 heteroatoms. The minimum absolute atomic E-state index is 0.0327. The maximum atomic E-state index is 13.9. The van der Waals surface area contributed by atoms with E-state index in [0.29, 0.717) is 27.7 Å². The van der Waals surface area contributed by atoms with E-state index in [1.165, 1.54) is 4.31 Å². The predicted octanol–water partition coefficient (Wildman–Crippen LogP) is 6.40. The Bertz CT molecular complexity index is 1450. The fourth-order valence-corrected chi connectivity index (χ4v) is 5.98. The lowest BCUT2D eigenvalue weighted by Crippen LogP contribution is -2.52. The molecule has 0 aromatic heterocycles. The molecular formula is C32H39Cl2N3O4S. The Morgan fingerprint density at radius 3 is 2.24 bits per heavy atom. The maximum Gasteiger partial charge on any atom is 0.243 e. The maximum absolute atomic E-state index is 13.9. The molecule has 0 saturated carbocycles. The minimum Gasteiger partial charge on any atom is -0.352 e. The van der Waals surface area contributed by atoms with Gasteiger partial charge in [0, 0.05) is 42.0 Å². The summed E-state index contributed by atoms with van der Waals surface area (Å²) >= 11 is 12.6. The number of rotatable bonds is 14. The van der Waals surface area contributed by atoms with E-state index in [9.17, 15) is 18.0 Å². The quantitative estimate of drug-likeness (QED) is 0.223. The van der Waals surface area contributed by atoms with E-state index in [1.807, 2.05) is 63.2 Å². The van der Waals surface area contributed by atoms with Crippen molar-refractivity contribution >= 4 is 50.7 Å². The second-order valence-corrected chi connectivity index (χ2v) is 13.3. The van der Waals surface area contributed by atoms with Crippen LogP contribution < -0.4 is 9.62 Å². The van der Waals surface area contributed by atoms with Gasteiger partial charge in [0.1, 0.15) is 6.04 Å². The zero-order chi connectivity index (χ0) is 30.9. The highest BCUT2D eigenvalue weighted by atomic mass is 35.5. The van der Waals surface area contributed by atoms with Crippen LogP contribution in [-0.2, 0) is 32.6 Å². The Hall–Kier alpha value is -3.07. The first-order valence-electron chi connectivity index (χ1n) is 14.0. The normalized spacial score (nSPS) is 12.8. The van der Waals surface area contributed by atoms with Crippen LogP contribution in [0.15, 0.2) is 72.8 Å². The molecule has 0 unspecified atom stereocenters. The third-order valence-electron chi connectivity index (χ3n) is 7.10. The largest absolute Gasteiger partial charge is 0.352 e. The molecule has 0 fully saturated rings. The van der Waals surface area contributed by atoms with Crippen molar-refractivity contribution in [3.05, 3.63) is 99.5 Å². The fraction of sp³-hybridized carbons (Fsp3) is 0.375. The van der Waals surface area contributed by atoms with Crippen LogP contribution in [0.3, 0.4) is 0 Å². The molecule has 0 saturated heterocycles. The smallest absolute Gasteiger partial charge is 0.243 e. The number of carbonyl (C=O) groups excluding carboxylic acids is 2. The van der Waals surface area contributed by atoms with Gasteiger partial charge in [0.05, 0.1) is 11.9 Å². The van der Waals surface area contributed by atoms with Gasteiger partial charge in [0.25, 0.3) is 0 Å². The van der Waals surface area contributed by atoms with Crippen LogP contribution in [0.25, 0.3) is 0 Å². The summed E-state index contributed by atoms with van der Waals surface area (Å²) in [7, 11) is -3.58. The monoisotopic (exact) mass is 631 g/mol. The van der Waals surface area contributed by atoms with Gasteiger partial charge in [-0.1, -0.05) is 84.2 Å². The van der Waals surface area contributed by atoms with Crippen LogP contribution in [0.1, 0.15) is 49.8 Å². The molecule has 2 amide bonds. The lowest BCUT2D eigenvalue weighted by Gasteiger charge is -2.33. The third kappa shape index (κ3) is 9.75. The van der Waals surface area contributed by atoms with Crippen molar-refractivity contribution in [3.8, 4) is 0 Å². The highest BCUT2D eigenvalue weighted by Crippen LogP contribution is 2.25. The molecule has 0 aliphatic carbocycles. The number of nitrogens with zero attached hydrogens (tertiary/aromatic N) is 2. The molecule has 42 heavy (non-hydrogen) atoms. The number of nitrogens with one attached hydrogen (secondary N) is 1. The number of halogens is 2. The number of sulfonamides is 1. The number of amides is 2. The van der Waals surface area contributed by atoms with Crippen molar-refractivity contribution in [2.24, 2.45) is 0 Å². The summed E-state index contributed by atoms with van der Waals surface area (Å²) in [5.74, 6) is -0.539. The Kier molecular flexibility index (Phi) is 12.3. The zero-order valence-corrected chi connectivity index (χ0v) is 26.8. The van der Waals surface area contributed by atoms with Gasteiger partial charge < -0.3 is 10.2 Å². The van der Waals surface area contributed by atoms with Gasteiger partial charge in [0.2, 0.25) is 21.8 Å². The lowest BCUT2D eigenvalue weighted by molar-refractivity contribution is -0.141. The number of carbonyl (C=O) groups is 2. The molecule has 1 N–H and O–H groups in total. The zero-order valence-electron chi connectivity index (χ0n) is 24.5. The molecule has 7 nitrogen and oxygen atoms in total. The number of aryl methyl sites for hydroxylation is 1. The van der Waals surface area contributed by atoms with E-state index in [1.54, 1.807) is 35.2 Å². The highest BCUT2D eigenvalue weighted by Gasteiger charge is 2.31. The molecule has 0 bridgehead atoms. The number of anilines is 1. The average Bonchev–Trinajstić information content (AvgIpc) is 2.94. The second kappa shape index (κ2) is 15.4. The van der Waals surface area contributed by atoms with Gasteiger partial charge in [-0.3, -0.25) is 13.9 Å². The first-order chi connectivity index (χ1) is 19.9. The Morgan fingerprint density at radius 1 is 0.976 bits per heavy atom. The van der Waals surface area contributed by atoms with E-state index >= 15 is 0 Å².